The smallest absolute Gasteiger partial charge is 0.265 e. The highest BCUT2D eigenvalue weighted by Gasteiger charge is 2.19. The molecule has 0 bridgehead atoms. The number of benzene rings is 2. The Morgan fingerprint density at radius 1 is 1.23 bits per heavy atom. The second-order valence-corrected chi connectivity index (χ2v) is 5.88. The Kier molecular flexibility index (Phi) is 5.90. The minimum Gasteiger partial charge on any atom is -0.480 e. The molecule has 2 aromatic carbocycles. The van der Waals surface area contributed by atoms with Gasteiger partial charge in [-0.05, 0) is 49.4 Å². The SMILES string of the molecule is CCC(Oc1ccccc1C)C(=O)Nc1cccc(SC)c1. The number of amides is 1. The van der Waals surface area contributed by atoms with Gasteiger partial charge in [0.15, 0.2) is 6.10 Å². The summed E-state index contributed by atoms with van der Waals surface area (Å²) < 4.78 is 5.87. The second kappa shape index (κ2) is 7.90. The molecule has 0 fully saturated rings. The van der Waals surface area contributed by atoms with E-state index in [1.807, 2.05) is 68.6 Å². The zero-order valence-corrected chi connectivity index (χ0v) is 13.9. The van der Waals surface area contributed by atoms with Gasteiger partial charge < -0.3 is 10.1 Å². The fourth-order valence-electron chi connectivity index (χ4n) is 2.09. The minimum atomic E-state index is -0.501. The predicted octanol–water partition coefficient (Wildman–Crippen LogP) is 4.51. The molecule has 0 aliphatic carbocycles. The fraction of sp³-hybridized carbons (Fsp3) is 0.278. The molecule has 2 rings (SSSR count). The number of carbonyl (C=O) groups excluding carboxylic acids is 1. The molecule has 0 aromatic heterocycles. The standard InChI is InChI=1S/C18H21NO2S/c1-4-16(21-17-11-6-5-8-13(17)2)18(20)19-14-9-7-10-15(12-14)22-3/h5-12,16H,4H2,1-3H3,(H,19,20). The van der Waals surface area contributed by atoms with Crippen molar-refractivity contribution in [1.29, 1.82) is 0 Å². The van der Waals surface area contributed by atoms with E-state index in [0.717, 1.165) is 21.9 Å². The molecule has 1 atom stereocenters. The molecule has 1 amide bonds. The molecule has 22 heavy (non-hydrogen) atoms. The van der Waals surface area contributed by atoms with Crippen LogP contribution in [-0.2, 0) is 4.79 Å². The molecule has 0 spiro atoms. The summed E-state index contributed by atoms with van der Waals surface area (Å²) in [5, 5.41) is 2.93. The zero-order valence-electron chi connectivity index (χ0n) is 13.1. The van der Waals surface area contributed by atoms with E-state index < -0.39 is 6.10 Å². The number of rotatable bonds is 6. The van der Waals surface area contributed by atoms with Crippen LogP contribution in [0.1, 0.15) is 18.9 Å². The number of nitrogens with one attached hydrogen (secondary N) is 1. The number of thioether (sulfide) groups is 1. The van der Waals surface area contributed by atoms with Gasteiger partial charge in [0.2, 0.25) is 0 Å². The fourth-order valence-corrected chi connectivity index (χ4v) is 2.55. The first-order valence-corrected chi connectivity index (χ1v) is 8.53. The molecule has 0 saturated heterocycles. The van der Waals surface area contributed by atoms with E-state index in [1.54, 1.807) is 11.8 Å². The Hall–Kier alpha value is -1.94. The molecule has 0 aliphatic heterocycles. The Bertz CT molecular complexity index is 642. The highest BCUT2D eigenvalue weighted by molar-refractivity contribution is 7.98. The van der Waals surface area contributed by atoms with E-state index >= 15 is 0 Å². The van der Waals surface area contributed by atoms with Gasteiger partial charge in [0.25, 0.3) is 5.91 Å². The maximum absolute atomic E-state index is 12.4. The molecule has 0 saturated carbocycles. The van der Waals surface area contributed by atoms with Gasteiger partial charge in [0.1, 0.15) is 5.75 Å². The average Bonchev–Trinajstić information content (AvgIpc) is 2.54. The first-order valence-electron chi connectivity index (χ1n) is 7.31. The highest BCUT2D eigenvalue weighted by Crippen LogP contribution is 2.21. The number of para-hydroxylation sites is 1. The molecule has 3 nitrogen and oxygen atoms in total. The monoisotopic (exact) mass is 315 g/mol. The van der Waals surface area contributed by atoms with Crippen LogP contribution in [0.2, 0.25) is 0 Å². The van der Waals surface area contributed by atoms with Crippen molar-refractivity contribution in [1.82, 2.24) is 0 Å². The normalized spacial score (nSPS) is 11.8. The topological polar surface area (TPSA) is 38.3 Å². The van der Waals surface area contributed by atoms with Crippen LogP contribution in [0, 0.1) is 6.92 Å². The van der Waals surface area contributed by atoms with E-state index in [4.69, 9.17) is 4.74 Å². The lowest BCUT2D eigenvalue weighted by molar-refractivity contribution is -0.122. The van der Waals surface area contributed by atoms with E-state index in [1.165, 1.54) is 0 Å². The maximum Gasteiger partial charge on any atom is 0.265 e. The molecule has 2 aromatic rings. The van der Waals surface area contributed by atoms with Gasteiger partial charge in [0, 0.05) is 10.6 Å². The number of aryl methyl sites for hydroxylation is 1. The molecule has 116 valence electrons. The summed E-state index contributed by atoms with van der Waals surface area (Å²) in [4.78, 5) is 13.5. The molecule has 0 heterocycles. The van der Waals surface area contributed by atoms with E-state index in [0.29, 0.717) is 6.42 Å². The van der Waals surface area contributed by atoms with Crippen molar-refractivity contribution in [2.75, 3.05) is 11.6 Å². The number of ether oxygens (including phenoxy) is 1. The molecular formula is C18H21NO2S. The lowest BCUT2D eigenvalue weighted by atomic mass is 10.2. The minimum absolute atomic E-state index is 0.121. The van der Waals surface area contributed by atoms with Crippen molar-refractivity contribution in [3.63, 3.8) is 0 Å². The van der Waals surface area contributed by atoms with Crippen LogP contribution in [0.3, 0.4) is 0 Å². The first kappa shape index (κ1) is 16.4. The highest BCUT2D eigenvalue weighted by atomic mass is 32.2. The average molecular weight is 315 g/mol. The van der Waals surface area contributed by atoms with Gasteiger partial charge >= 0.3 is 0 Å². The van der Waals surface area contributed by atoms with Gasteiger partial charge in [0.05, 0.1) is 0 Å². The van der Waals surface area contributed by atoms with Crippen LogP contribution in [0.25, 0.3) is 0 Å². The lowest BCUT2D eigenvalue weighted by Gasteiger charge is -2.18. The van der Waals surface area contributed by atoms with Gasteiger partial charge in [-0.15, -0.1) is 11.8 Å². The van der Waals surface area contributed by atoms with Crippen molar-refractivity contribution in [3.05, 3.63) is 54.1 Å². The second-order valence-electron chi connectivity index (χ2n) is 5.00. The molecule has 1 unspecified atom stereocenters. The summed E-state index contributed by atoms with van der Waals surface area (Å²) in [6.45, 7) is 3.92. The Morgan fingerprint density at radius 2 is 2.00 bits per heavy atom. The van der Waals surface area contributed by atoms with E-state index in [-0.39, 0.29) is 5.91 Å². The Labute approximate surface area is 136 Å². The van der Waals surface area contributed by atoms with Crippen LogP contribution in [-0.4, -0.2) is 18.3 Å². The van der Waals surface area contributed by atoms with Crippen LogP contribution < -0.4 is 10.1 Å². The zero-order chi connectivity index (χ0) is 15.9. The van der Waals surface area contributed by atoms with Crippen LogP contribution in [0.15, 0.2) is 53.4 Å². The van der Waals surface area contributed by atoms with Crippen molar-refractivity contribution in [3.8, 4) is 5.75 Å². The van der Waals surface area contributed by atoms with Crippen molar-refractivity contribution < 1.29 is 9.53 Å². The largest absolute Gasteiger partial charge is 0.480 e. The number of hydrogen-bond donors (Lipinski definition) is 1. The summed E-state index contributed by atoms with van der Waals surface area (Å²) >= 11 is 1.65. The predicted molar refractivity (Wildman–Crippen MR) is 92.7 cm³/mol. The maximum atomic E-state index is 12.4. The number of anilines is 1. The van der Waals surface area contributed by atoms with Crippen LogP contribution in [0.5, 0.6) is 5.75 Å². The molecule has 4 heteroatoms. The van der Waals surface area contributed by atoms with Gasteiger partial charge in [-0.1, -0.05) is 31.2 Å². The van der Waals surface area contributed by atoms with Crippen molar-refractivity contribution in [2.45, 2.75) is 31.3 Å². The van der Waals surface area contributed by atoms with Crippen molar-refractivity contribution in [2.24, 2.45) is 0 Å². The van der Waals surface area contributed by atoms with Gasteiger partial charge in [-0.3, -0.25) is 4.79 Å². The third kappa shape index (κ3) is 4.28. The summed E-state index contributed by atoms with van der Waals surface area (Å²) in [6, 6.07) is 15.5. The third-order valence-electron chi connectivity index (χ3n) is 3.36. The summed E-state index contributed by atoms with van der Waals surface area (Å²) in [5.74, 6) is 0.631. The molecule has 0 radical (unpaired) electrons. The van der Waals surface area contributed by atoms with Crippen LogP contribution in [0.4, 0.5) is 5.69 Å². The van der Waals surface area contributed by atoms with Crippen LogP contribution >= 0.6 is 11.8 Å². The molecule has 0 aliphatic rings. The van der Waals surface area contributed by atoms with E-state index in [2.05, 4.69) is 5.32 Å². The molecular weight excluding hydrogens is 294 g/mol. The first-order chi connectivity index (χ1) is 10.6. The quantitative estimate of drug-likeness (QED) is 0.797. The number of carbonyl (C=O) groups is 1. The lowest BCUT2D eigenvalue weighted by Crippen LogP contribution is -2.32. The summed E-state index contributed by atoms with van der Waals surface area (Å²) in [6.07, 6.45) is 2.12. The Balaban J connectivity index is 2.07. The van der Waals surface area contributed by atoms with Gasteiger partial charge in [-0.25, -0.2) is 0 Å². The van der Waals surface area contributed by atoms with E-state index in [9.17, 15) is 4.79 Å². The summed E-state index contributed by atoms with van der Waals surface area (Å²) in [5.41, 5.74) is 1.82. The van der Waals surface area contributed by atoms with Crippen molar-refractivity contribution >= 4 is 23.4 Å². The third-order valence-corrected chi connectivity index (χ3v) is 4.09. The molecule has 1 N–H and O–H groups in total. The summed E-state index contributed by atoms with van der Waals surface area (Å²) in [7, 11) is 0. The van der Waals surface area contributed by atoms with Gasteiger partial charge in [-0.2, -0.15) is 0 Å². The number of hydrogen-bond acceptors (Lipinski definition) is 3. The Morgan fingerprint density at radius 3 is 2.68 bits per heavy atom.